The molecule has 5 nitrogen and oxygen atoms in total. The summed E-state index contributed by atoms with van der Waals surface area (Å²) in [6.07, 6.45) is 3.26. The number of rotatable bonds is 7. The molecule has 0 bridgehead atoms. The lowest BCUT2D eigenvalue weighted by atomic mass is 10.0. The third-order valence-electron chi connectivity index (χ3n) is 3.14. The Labute approximate surface area is 118 Å². The average molecular weight is 276 g/mol. The second kappa shape index (κ2) is 6.96. The predicted octanol–water partition coefficient (Wildman–Crippen LogP) is 2.54. The molecule has 5 heteroatoms. The van der Waals surface area contributed by atoms with Gasteiger partial charge in [-0.05, 0) is 36.6 Å². The van der Waals surface area contributed by atoms with Crippen LogP contribution in [0.1, 0.15) is 24.7 Å². The van der Waals surface area contributed by atoms with Gasteiger partial charge in [0, 0.05) is 12.1 Å². The first-order valence-corrected chi connectivity index (χ1v) is 6.67. The van der Waals surface area contributed by atoms with Gasteiger partial charge in [0.05, 0.1) is 13.3 Å². The number of methoxy groups -OCH3 is 1. The molecule has 1 heterocycles. The molecule has 2 N–H and O–H groups in total. The minimum Gasteiger partial charge on any atom is -0.497 e. The maximum Gasteiger partial charge on any atom is 0.174 e. The summed E-state index contributed by atoms with van der Waals surface area (Å²) < 4.78 is 16.0. The van der Waals surface area contributed by atoms with Crippen molar-refractivity contribution in [2.24, 2.45) is 5.73 Å². The minimum absolute atomic E-state index is 0.106. The highest BCUT2D eigenvalue weighted by atomic mass is 16.5. The number of nitrogens with two attached hydrogens (primary N) is 1. The van der Waals surface area contributed by atoms with E-state index in [9.17, 15) is 0 Å². The first-order valence-electron chi connectivity index (χ1n) is 6.67. The van der Waals surface area contributed by atoms with Crippen molar-refractivity contribution in [3.05, 3.63) is 41.8 Å². The highest BCUT2D eigenvalue weighted by molar-refractivity contribution is 5.40. The molecular weight excluding hydrogens is 256 g/mol. The van der Waals surface area contributed by atoms with Gasteiger partial charge >= 0.3 is 0 Å². The standard InChI is InChI=1S/C15H20N2O3/c1-3-12(16)8-11-9-13(18-2)4-5-15(11)19-10-14-6-7-17-20-14/h4-7,9,12H,3,8,10,16H2,1-2H3. The second-order valence-corrected chi connectivity index (χ2v) is 4.61. The van der Waals surface area contributed by atoms with Crippen LogP contribution in [-0.4, -0.2) is 18.3 Å². The van der Waals surface area contributed by atoms with Crippen molar-refractivity contribution in [2.45, 2.75) is 32.4 Å². The van der Waals surface area contributed by atoms with Crippen molar-refractivity contribution >= 4 is 0 Å². The van der Waals surface area contributed by atoms with Crippen molar-refractivity contribution in [3.8, 4) is 11.5 Å². The first kappa shape index (κ1) is 14.4. The predicted molar refractivity (Wildman–Crippen MR) is 75.8 cm³/mol. The molecule has 1 atom stereocenters. The van der Waals surface area contributed by atoms with E-state index in [1.807, 2.05) is 18.2 Å². The summed E-state index contributed by atoms with van der Waals surface area (Å²) in [5, 5.41) is 3.65. The van der Waals surface area contributed by atoms with E-state index in [2.05, 4.69) is 12.1 Å². The van der Waals surface area contributed by atoms with Gasteiger partial charge in [0.25, 0.3) is 0 Å². The van der Waals surface area contributed by atoms with Crippen LogP contribution in [0.4, 0.5) is 0 Å². The quantitative estimate of drug-likeness (QED) is 0.841. The zero-order valence-corrected chi connectivity index (χ0v) is 11.8. The fourth-order valence-electron chi connectivity index (χ4n) is 1.88. The smallest absolute Gasteiger partial charge is 0.174 e. The number of hydrogen-bond donors (Lipinski definition) is 1. The fourth-order valence-corrected chi connectivity index (χ4v) is 1.88. The van der Waals surface area contributed by atoms with Crippen LogP contribution in [0.2, 0.25) is 0 Å². The maximum atomic E-state index is 6.03. The van der Waals surface area contributed by atoms with Crippen LogP contribution in [-0.2, 0) is 13.0 Å². The minimum atomic E-state index is 0.106. The van der Waals surface area contributed by atoms with E-state index in [0.717, 1.165) is 29.9 Å². The lowest BCUT2D eigenvalue weighted by Crippen LogP contribution is -2.21. The van der Waals surface area contributed by atoms with E-state index in [1.165, 1.54) is 0 Å². The molecule has 108 valence electrons. The van der Waals surface area contributed by atoms with Crippen LogP contribution in [0.15, 0.2) is 35.0 Å². The molecule has 1 unspecified atom stereocenters. The molecule has 1 aromatic heterocycles. The summed E-state index contributed by atoms with van der Waals surface area (Å²) in [5.74, 6) is 2.29. The van der Waals surface area contributed by atoms with Gasteiger partial charge in [-0.15, -0.1) is 0 Å². The lowest BCUT2D eigenvalue weighted by Gasteiger charge is -2.15. The number of nitrogens with zero attached hydrogens (tertiary/aromatic N) is 1. The Bertz CT molecular complexity index is 526. The van der Waals surface area contributed by atoms with Crippen LogP contribution in [0.3, 0.4) is 0 Å². The Morgan fingerprint density at radius 2 is 2.20 bits per heavy atom. The number of aromatic nitrogens is 1. The molecule has 2 aromatic rings. The molecule has 2 rings (SSSR count). The Hall–Kier alpha value is -2.01. The molecule has 0 saturated heterocycles. The van der Waals surface area contributed by atoms with Gasteiger partial charge in [0.2, 0.25) is 0 Å². The molecule has 1 aromatic carbocycles. The summed E-state index contributed by atoms with van der Waals surface area (Å²) in [6.45, 7) is 2.42. The fraction of sp³-hybridized carbons (Fsp3) is 0.400. The molecule has 0 spiro atoms. The monoisotopic (exact) mass is 276 g/mol. The van der Waals surface area contributed by atoms with E-state index in [0.29, 0.717) is 12.4 Å². The van der Waals surface area contributed by atoms with Crippen LogP contribution in [0.5, 0.6) is 11.5 Å². The Morgan fingerprint density at radius 1 is 1.35 bits per heavy atom. The van der Waals surface area contributed by atoms with E-state index in [-0.39, 0.29) is 6.04 Å². The van der Waals surface area contributed by atoms with E-state index in [1.54, 1.807) is 19.4 Å². The van der Waals surface area contributed by atoms with Crippen LogP contribution < -0.4 is 15.2 Å². The van der Waals surface area contributed by atoms with Crippen LogP contribution in [0.25, 0.3) is 0 Å². The molecule has 0 saturated carbocycles. The molecule has 0 radical (unpaired) electrons. The zero-order chi connectivity index (χ0) is 14.4. The summed E-state index contributed by atoms with van der Waals surface area (Å²) >= 11 is 0. The second-order valence-electron chi connectivity index (χ2n) is 4.61. The lowest BCUT2D eigenvalue weighted by molar-refractivity contribution is 0.246. The van der Waals surface area contributed by atoms with Crippen LogP contribution in [0, 0.1) is 0 Å². The van der Waals surface area contributed by atoms with Gasteiger partial charge in [0.1, 0.15) is 18.1 Å². The maximum absolute atomic E-state index is 6.03. The number of benzene rings is 1. The highest BCUT2D eigenvalue weighted by Crippen LogP contribution is 2.26. The van der Waals surface area contributed by atoms with Gasteiger partial charge in [-0.1, -0.05) is 12.1 Å². The van der Waals surface area contributed by atoms with Crippen molar-refractivity contribution in [3.63, 3.8) is 0 Å². The third-order valence-corrected chi connectivity index (χ3v) is 3.14. The SMILES string of the molecule is CCC(N)Cc1cc(OC)ccc1OCc1ccno1. The van der Waals surface area contributed by atoms with Crippen molar-refractivity contribution in [1.29, 1.82) is 0 Å². The van der Waals surface area contributed by atoms with Gasteiger partial charge in [0.15, 0.2) is 5.76 Å². The first-order chi connectivity index (χ1) is 9.72. The van der Waals surface area contributed by atoms with Crippen molar-refractivity contribution in [2.75, 3.05) is 7.11 Å². The molecule has 0 fully saturated rings. The number of hydrogen-bond acceptors (Lipinski definition) is 5. The molecule has 0 aliphatic heterocycles. The Balaban J connectivity index is 2.12. The Kier molecular flexibility index (Phi) is 5.01. The van der Waals surface area contributed by atoms with Gasteiger partial charge in [-0.25, -0.2) is 0 Å². The van der Waals surface area contributed by atoms with E-state index in [4.69, 9.17) is 19.7 Å². The van der Waals surface area contributed by atoms with Crippen molar-refractivity contribution in [1.82, 2.24) is 5.16 Å². The molecular formula is C15H20N2O3. The normalized spacial score (nSPS) is 12.2. The average Bonchev–Trinajstić information content (AvgIpc) is 2.99. The third kappa shape index (κ3) is 3.74. The highest BCUT2D eigenvalue weighted by Gasteiger charge is 2.10. The van der Waals surface area contributed by atoms with Gasteiger partial charge in [-0.3, -0.25) is 0 Å². The zero-order valence-electron chi connectivity index (χ0n) is 11.8. The molecule has 0 aliphatic carbocycles. The summed E-state index contributed by atoms with van der Waals surface area (Å²) in [7, 11) is 1.65. The summed E-state index contributed by atoms with van der Waals surface area (Å²) in [6, 6.07) is 7.62. The van der Waals surface area contributed by atoms with Crippen LogP contribution >= 0.6 is 0 Å². The Morgan fingerprint density at radius 3 is 2.85 bits per heavy atom. The van der Waals surface area contributed by atoms with E-state index >= 15 is 0 Å². The van der Waals surface area contributed by atoms with Gasteiger partial charge in [-0.2, -0.15) is 0 Å². The summed E-state index contributed by atoms with van der Waals surface area (Å²) in [4.78, 5) is 0. The number of ether oxygens (including phenoxy) is 2. The van der Waals surface area contributed by atoms with Gasteiger partial charge < -0.3 is 19.7 Å². The van der Waals surface area contributed by atoms with E-state index < -0.39 is 0 Å². The summed E-state index contributed by atoms with van der Waals surface area (Å²) in [5.41, 5.74) is 7.07. The molecule has 0 aliphatic rings. The largest absolute Gasteiger partial charge is 0.497 e. The van der Waals surface area contributed by atoms with Crippen molar-refractivity contribution < 1.29 is 14.0 Å². The topological polar surface area (TPSA) is 70.5 Å². The molecule has 20 heavy (non-hydrogen) atoms. The molecule has 0 amide bonds.